The fourth-order valence-electron chi connectivity index (χ4n) is 2.08. The molecule has 0 N–H and O–H groups in total. The van der Waals surface area contributed by atoms with Gasteiger partial charge in [-0.25, -0.2) is 9.97 Å². The van der Waals surface area contributed by atoms with Gasteiger partial charge in [-0.1, -0.05) is 25.4 Å². The summed E-state index contributed by atoms with van der Waals surface area (Å²) in [5, 5.41) is 0.521. The highest BCUT2D eigenvalue weighted by atomic mass is 35.5. The van der Waals surface area contributed by atoms with E-state index in [1.165, 1.54) is 6.33 Å². The quantitative estimate of drug-likeness (QED) is 0.490. The summed E-state index contributed by atoms with van der Waals surface area (Å²) in [5.74, 6) is 1.14. The fourth-order valence-corrected chi connectivity index (χ4v) is 2.42. The Kier molecular flexibility index (Phi) is 8.57. The van der Waals surface area contributed by atoms with E-state index in [4.69, 9.17) is 21.1 Å². The Labute approximate surface area is 132 Å². The maximum absolute atomic E-state index is 6.25. The molecular formula is C15H26ClN3O2. The third-order valence-electron chi connectivity index (χ3n) is 3.11. The SMILES string of the molecule is CCOCCN(CCOCC)c1ncnc(Cl)c1C(C)C. The molecule has 1 heterocycles. The maximum Gasteiger partial charge on any atom is 0.138 e. The lowest BCUT2D eigenvalue weighted by molar-refractivity contribution is 0.141. The van der Waals surface area contributed by atoms with Gasteiger partial charge >= 0.3 is 0 Å². The number of anilines is 1. The van der Waals surface area contributed by atoms with Crippen LogP contribution >= 0.6 is 11.6 Å². The number of halogens is 1. The van der Waals surface area contributed by atoms with Gasteiger partial charge in [0.1, 0.15) is 17.3 Å². The van der Waals surface area contributed by atoms with E-state index in [1.807, 2.05) is 13.8 Å². The molecule has 5 nitrogen and oxygen atoms in total. The van der Waals surface area contributed by atoms with Crippen molar-refractivity contribution in [3.8, 4) is 0 Å². The Morgan fingerprint density at radius 2 is 1.67 bits per heavy atom. The van der Waals surface area contributed by atoms with Crippen molar-refractivity contribution in [1.82, 2.24) is 9.97 Å². The number of rotatable bonds is 10. The lowest BCUT2D eigenvalue weighted by atomic mass is 10.1. The molecule has 6 heteroatoms. The average molecular weight is 316 g/mol. The predicted octanol–water partition coefficient (Wildman–Crippen LogP) is 3.13. The molecular weight excluding hydrogens is 290 g/mol. The average Bonchev–Trinajstić information content (AvgIpc) is 2.45. The summed E-state index contributed by atoms with van der Waals surface area (Å²) in [7, 11) is 0. The molecule has 0 saturated heterocycles. The van der Waals surface area contributed by atoms with E-state index in [-0.39, 0.29) is 5.92 Å². The van der Waals surface area contributed by atoms with E-state index >= 15 is 0 Å². The molecule has 0 bridgehead atoms. The lowest BCUT2D eigenvalue weighted by Crippen LogP contribution is -2.33. The Bertz CT molecular complexity index is 406. The summed E-state index contributed by atoms with van der Waals surface area (Å²) >= 11 is 6.25. The zero-order valence-corrected chi connectivity index (χ0v) is 14.2. The first-order valence-corrected chi connectivity index (χ1v) is 7.90. The van der Waals surface area contributed by atoms with E-state index in [0.29, 0.717) is 31.6 Å². The summed E-state index contributed by atoms with van der Waals surface area (Å²) in [6, 6.07) is 0. The molecule has 0 saturated carbocycles. The lowest BCUT2D eigenvalue weighted by Gasteiger charge is -2.27. The third kappa shape index (κ3) is 5.77. The maximum atomic E-state index is 6.25. The van der Waals surface area contributed by atoms with Gasteiger partial charge in [-0.2, -0.15) is 0 Å². The van der Waals surface area contributed by atoms with E-state index in [1.54, 1.807) is 0 Å². The minimum atomic E-state index is 0.260. The van der Waals surface area contributed by atoms with Crippen molar-refractivity contribution in [3.63, 3.8) is 0 Å². The summed E-state index contributed by atoms with van der Waals surface area (Å²) in [6.07, 6.45) is 1.51. The van der Waals surface area contributed by atoms with Crippen LogP contribution in [0, 0.1) is 0 Å². The molecule has 0 aliphatic carbocycles. The number of hydrogen-bond donors (Lipinski definition) is 0. The Morgan fingerprint density at radius 3 is 2.14 bits per heavy atom. The molecule has 1 rings (SSSR count). The third-order valence-corrected chi connectivity index (χ3v) is 3.41. The molecule has 120 valence electrons. The molecule has 1 aromatic heterocycles. The van der Waals surface area contributed by atoms with Gasteiger partial charge in [0.15, 0.2) is 0 Å². The van der Waals surface area contributed by atoms with Gasteiger partial charge in [0.05, 0.1) is 13.2 Å². The molecule has 0 atom stereocenters. The van der Waals surface area contributed by atoms with Crippen LogP contribution in [0.1, 0.15) is 39.2 Å². The topological polar surface area (TPSA) is 47.5 Å². The summed E-state index contributed by atoms with van der Waals surface area (Å²) in [5.41, 5.74) is 0.979. The van der Waals surface area contributed by atoms with Gasteiger partial charge in [-0.15, -0.1) is 0 Å². The Hall–Kier alpha value is -0.910. The first-order valence-electron chi connectivity index (χ1n) is 7.52. The standard InChI is InChI=1S/C15H26ClN3O2/c1-5-20-9-7-19(8-10-21-6-2)15-13(12(3)4)14(16)17-11-18-15/h11-12H,5-10H2,1-4H3. The van der Waals surface area contributed by atoms with E-state index in [2.05, 4.69) is 28.7 Å². The normalized spacial score (nSPS) is 11.1. The van der Waals surface area contributed by atoms with E-state index < -0.39 is 0 Å². The molecule has 0 radical (unpaired) electrons. The second-order valence-corrected chi connectivity index (χ2v) is 5.30. The van der Waals surface area contributed by atoms with Crippen molar-refractivity contribution >= 4 is 17.4 Å². The molecule has 0 amide bonds. The molecule has 0 spiro atoms. The van der Waals surface area contributed by atoms with Crippen molar-refractivity contribution in [3.05, 3.63) is 17.0 Å². The molecule has 0 aromatic carbocycles. The van der Waals surface area contributed by atoms with Gasteiger partial charge < -0.3 is 14.4 Å². The van der Waals surface area contributed by atoms with Crippen molar-refractivity contribution in [2.24, 2.45) is 0 Å². The van der Waals surface area contributed by atoms with Gasteiger partial charge in [-0.05, 0) is 19.8 Å². The van der Waals surface area contributed by atoms with Crippen LogP contribution in [0.5, 0.6) is 0 Å². The highest BCUT2D eigenvalue weighted by Crippen LogP contribution is 2.30. The fraction of sp³-hybridized carbons (Fsp3) is 0.733. The summed E-state index contributed by atoms with van der Waals surface area (Å²) in [4.78, 5) is 10.7. The molecule has 21 heavy (non-hydrogen) atoms. The molecule has 0 unspecified atom stereocenters. The van der Waals surface area contributed by atoms with Crippen LogP contribution < -0.4 is 4.90 Å². The second kappa shape index (κ2) is 9.92. The highest BCUT2D eigenvalue weighted by molar-refractivity contribution is 6.30. The van der Waals surface area contributed by atoms with Crippen LogP contribution in [0.15, 0.2) is 6.33 Å². The molecule has 0 aliphatic heterocycles. The van der Waals surface area contributed by atoms with Gasteiger partial charge in [0.25, 0.3) is 0 Å². The van der Waals surface area contributed by atoms with Crippen molar-refractivity contribution in [2.75, 3.05) is 44.4 Å². The zero-order valence-electron chi connectivity index (χ0n) is 13.4. The zero-order chi connectivity index (χ0) is 15.7. The van der Waals surface area contributed by atoms with Gasteiger partial charge in [0, 0.05) is 31.9 Å². The number of nitrogens with zero attached hydrogens (tertiary/aromatic N) is 3. The minimum absolute atomic E-state index is 0.260. The van der Waals surface area contributed by atoms with Crippen molar-refractivity contribution in [2.45, 2.75) is 33.6 Å². The van der Waals surface area contributed by atoms with Gasteiger partial charge in [-0.3, -0.25) is 0 Å². The predicted molar refractivity (Wildman–Crippen MR) is 86.3 cm³/mol. The highest BCUT2D eigenvalue weighted by Gasteiger charge is 2.18. The minimum Gasteiger partial charge on any atom is -0.380 e. The van der Waals surface area contributed by atoms with Crippen molar-refractivity contribution < 1.29 is 9.47 Å². The Morgan fingerprint density at radius 1 is 1.10 bits per heavy atom. The molecule has 0 fully saturated rings. The molecule has 0 aliphatic rings. The van der Waals surface area contributed by atoms with Gasteiger partial charge in [0.2, 0.25) is 0 Å². The van der Waals surface area contributed by atoms with Crippen LogP contribution in [-0.4, -0.2) is 49.5 Å². The number of ether oxygens (including phenoxy) is 2. The largest absolute Gasteiger partial charge is 0.380 e. The van der Waals surface area contributed by atoms with E-state index in [0.717, 1.165) is 24.5 Å². The molecule has 1 aromatic rings. The van der Waals surface area contributed by atoms with E-state index in [9.17, 15) is 0 Å². The van der Waals surface area contributed by atoms with Crippen molar-refractivity contribution in [1.29, 1.82) is 0 Å². The Balaban J connectivity index is 2.92. The monoisotopic (exact) mass is 315 g/mol. The second-order valence-electron chi connectivity index (χ2n) is 4.94. The smallest absolute Gasteiger partial charge is 0.138 e. The van der Waals surface area contributed by atoms with Crippen LogP contribution in [-0.2, 0) is 9.47 Å². The van der Waals surface area contributed by atoms with Crippen LogP contribution in [0.4, 0.5) is 5.82 Å². The van der Waals surface area contributed by atoms with Crippen LogP contribution in [0.3, 0.4) is 0 Å². The number of aromatic nitrogens is 2. The van der Waals surface area contributed by atoms with Crippen LogP contribution in [0.2, 0.25) is 5.15 Å². The number of hydrogen-bond acceptors (Lipinski definition) is 5. The first-order chi connectivity index (χ1) is 10.1. The summed E-state index contributed by atoms with van der Waals surface area (Å²) < 4.78 is 10.9. The van der Waals surface area contributed by atoms with Crippen LogP contribution in [0.25, 0.3) is 0 Å². The summed E-state index contributed by atoms with van der Waals surface area (Å²) in [6.45, 7) is 12.4. The first kappa shape index (κ1) is 18.1.